The summed E-state index contributed by atoms with van der Waals surface area (Å²) in [5.41, 5.74) is 1.97. The number of piperidine rings is 1. The summed E-state index contributed by atoms with van der Waals surface area (Å²) in [5, 5.41) is 11.3. The van der Waals surface area contributed by atoms with E-state index in [0.717, 1.165) is 48.3 Å². The molecule has 21 heavy (non-hydrogen) atoms. The fourth-order valence-corrected chi connectivity index (χ4v) is 3.92. The number of aliphatic hydroxyl groups excluding tert-OH is 1. The fraction of sp³-hybridized carbons (Fsp3) is 0.600. The Hall–Kier alpha value is -1.24. The van der Waals surface area contributed by atoms with E-state index in [1.54, 1.807) is 10.9 Å². The third-order valence-corrected chi connectivity index (χ3v) is 5.32. The molecule has 0 unspecified atom stereocenters. The van der Waals surface area contributed by atoms with Gasteiger partial charge in [-0.05, 0) is 43.2 Å². The molecule has 1 aliphatic heterocycles. The van der Waals surface area contributed by atoms with Gasteiger partial charge in [-0.1, -0.05) is 0 Å². The summed E-state index contributed by atoms with van der Waals surface area (Å²) < 4.78 is 2.46. The van der Waals surface area contributed by atoms with Crippen molar-refractivity contribution in [3.05, 3.63) is 27.6 Å². The van der Waals surface area contributed by atoms with Crippen LogP contribution >= 0.6 is 11.3 Å². The number of aromatic nitrogens is 2. The van der Waals surface area contributed by atoms with Gasteiger partial charge < -0.3 is 10.0 Å². The number of thiophene rings is 1. The Labute approximate surface area is 127 Å². The van der Waals surface area contributed by atoms with Crippen molar-refractivity contribution in [3.8, 4) is 0 Å². The first-order chi connectivity index (χ1) is 10.2. The molecule has 3 heterocycles. The molecule has 0 saturated carbocycles. The Balaban J connectivity index is 1.70. The summed E-state index contributed by atoms with van der Waals surface area (Å²) in [6.07, 6.45) is 3.90. The molecular formula is C15H21N3O2S. The van der Waals surface area contributed by atoms with E-state index in [-0.39, 0.29) is 12.2 Å². The van der Waals surface area contributed by atoms with Gasteiger partial charge in [-0.15, -0.1) is 11.3 Å². The van der Waals surface area contributed by atoms with Crippen molar-refractivity contribution in [1.29, 1.82) is 0 Å². The summed E-state index contributed by atoms with van der Waals surface area (Å²) in [6.45, 7) is 5.74. The molecule has 0 amide bonds. The molecule has 114 valence electrons. The van der Waals surface area contributed by atoms with Crippen molar-refractivity contribution < 1.29 is 5.11 Å². The zero-order valence-electron chi connectivity index (χ0n) is 12.3. The largest absolute Gasteiger partial charge is 0.396 e. The van der Waals surface area contributed by atoms with Gasteiger partial charge in [0.2, 0.25) is 0 Å². The van der Waals surface area contributed by atoms with Crippen molar-refractivity contribution in [1.82, 2.24) is 14.5 Å². The number of hydrogen-bond acceptors (Lipinski definition) is 5. The van der Waals surface area contributed by atoms with Crippen LogP contribution in [0, 0.1) is 12.8 Å². The number of aliphatic hydroxyl groups is 1. The number of aryl methyl sites for hydroxylation is 1. The molecule has 0 aliphatic carbocycles. The highest BCUT2D eigenvalue weighted by molar-refractivity contribution is 7.17. The molecule has 1 N–H and O–H groups in total. The average molecular weight is 307 g/mol. The molecule has 5 nitrogen and oxygen atoms in total. The van der Waals surface area contributed by atoms with Crippen LogP contribution in [0.25, 0.3) is 10.2 Å². The van der Waals surface area contributed by atoms with Crippen LogP contribution in [0.2, 0.25) is 0 Å². The van der Waals surface area contributed by atoms with Gasteiger partial charge in [-0.3, -0.25) is 9.36 Å². The van der Waals surface area contributed by atoms with E-state index < -0.39 is 0 Å². The van der Waals surface area contributed by atoms with Gasteiger partial charge in [0.1, 0.15) is 4.70 Å². The van der Waals surface area contributed by atoms with Crippen molar-refractivity contribution in [3.63, 3.8) is 0 Å². The summed E-state index contributed by atoms with van der Waals surface area (Å²) in [4.78, 5) is 19.2. The van der Waals surface area contributed by atoms with Gasteiger partial charge in [-0.2, -0.15) is 0 Å². The van der Waals surface area contributed by atoms with Crippen LogP contribution in [0.4, 0.5) is 0 Å². The van der Waals surface area contributed by atoms with Gasteiger partial charge in [-0.25, -0.2) is 4.98 Å². The van der Waals surface area contributed by atoms with Crippen LogP contribution in [0.3, 0.4) is 0 Å². The van der Waals surface area contributed by atoms with Crippen LogP contribution in [0.1, 0.15) is 18.4 Å². The molecule has 1 saturated heterocycles. The SMILES string of the molecule is Cc1csc2c(=O)n(CCN3CCC[C@@H](CO)C3)cnc12. The number of hydrogen-bond donors (Lipinski definition) is 1. The molecule has 6 heteroatoms. The third kappa shape index (κ3) is 3.02. The van der Waals surface area contributed by atoms with E-state index in [2.05, 4.69) is 9.88 Å². The quantitative estimate of drug-likeness (QED) is 0.929. The second kappa shape index (κ2) is 6.25. The highest BCUT2D eigenvalue weighted by atomic mass is 32.1. The summed E-state index contributed by atoms with van der Waals surface area (Å²) in [6, 6.07) is 0. The summed E-state index contributed by atoms with van der Waals surface area (Å²) in [7, 11) is 0. The van der Waals surface area contributed by atoms with Crippen molar-refractivity contribution in [2.45, 2.75) is 26.3 Å². The van der Waals surface area contributed by atoms with E-state index in [1.165, 1.54) is 11.3 Å². The second-order valence-electron chi connectivity index (χ2n) is 5.83. The smallest absolute Gasteiger partial charge is 0.271 e. The minimum Gasteiger partial charge on any atom is -0.396 e. The van der Waals surface area contributed by atoms with Crippen molar-refractivity contribution >= 4 is 21.6 Å². The zero-order chi connectivity index (χ0) is 14.8. The maximum atomic E-state index is 12.4. The van der Waals surface area contributed by atoms with E-state index in [9.17, 15) is 9.90 Å². The lowest BCUT2D eigenvalue weighted by atomic mass is 9.99. The highest BCUT2D eigenvalue weighted by Gasteiger charge is 2.19. The lowest BCUT2D eigenvalue weighted by Crippen LogP contribution is -2.39. The molecule has 0 spiro atoms. The Bertz CT molecular complexity index is 679. The van der Waals surface area contributed by atoms with Crippen LogP contribution in [0.5, 0.6) is 0 Å². The van der Waals surface area contributed by atoms with Crippen LogP contribution in [0.15, 0.2) is 16.5 Å². The average Bonchev–Trinajstić information content (AvgIpc) is 2.89. The van der Waals surface area contributed by atoms with E-state index >= 15 is 0 Å². The molecule has 3 rings (SSSR count). The minimum atomic E-state index is 0.0637. The number of rotatable bonds is 4. The molecule has 2 aromatic rings. The van der Waals surface area contributed by atoms with E-state index in [1.807, 2.05) is 12.3 Å². The topological polar surface area (TPSA) is 58.4 Å². The molecule has 1 atom stereocenters. The lowest BCUT2D eigenvalue weighted by Gasteiger charge is -2.31. The molecule has 0 bridgehead atoms. The van der Waals surface area contributed by atoms with Gasteiger partial charge >= 0.3 is 0 Å². The van der Waals surface area contributed by atoms with E-state index in [0.29, 0.717) is 12.5 Å². The Morgan fingerprint density at radius 1 is 1.48 bits per heavy atom. The van der Waals surface area contributed by atoms with Crippen molar-refractivity contribution in [2.24, 2.45) is 5.92 Å². The highest BCUT2D eigenvalue weighted by Crippen LogP contribution is 2.19. The molecule has 2 aromatic heterocycles. The molecule has 1 fully saturated rings. The maximum absolute atomic E-state index is 12.4. The minimum absolute atomic E-state index is 0.0637. The summed E-state index contributed by atoms with van der Waals surface area (Å²) >= 11 is 1.48. The van der Waals surface area contributed by atoms with Crippen LogP contribution < -0.4 is 5.56 Å². The zero-order valence-corrected chi connectivity index (χ0v) is 13.1. The monoisotopic (exact) mass is 307 g/mol. The first-order valence-corrected chi connectivity index (χ1v) is 8.33. The van der Waals surface area contributed by atoms with Gasteiger partial charge in [0.15, 0.2) is 0 Å². The summed E-state index contributed by atoms with van der Waals surface area (Å²) in [5.74, 6) is 0.385. The number of fused-ring (bicyclic) bond motifs is 1. The second-order valence-corrected chi connectivity index (χ2v) is 6.71. The van der Waals surface area contributed by atoms with Crippen LogP contribution in [-0.4, -0.2) is 45.8 Å². The predicted octanol–water partition coefficient (Wildman–Crippen LogP) is 1.47. The third-order valence-electron chi connectivity index (χ3n) is 4.24. The normalized spacial score (nSPS) is 20.2. The van der Waals surface area contributed by atoms with Crippen LogP contribution in [-0.2, 0) is 6.54 Å². The van der Waals surface area contributed by atoms with Gasteiger partial charge in [0.05, 0.1) is 11.8 Å². The number of likely N-dealkylation sites (tertiary alicyclic amines) is 1. The van der Waals surface area contributed by atoms with E-state index in [4.69, 9.17) is 0 Å². The first kappa shape index (κ1) is 14.7. The molecule has 0 aromatic carbocycles. The first-order valence-electron chi connectivity index (χ1n) is 7.45. The lowest BCUT2D eigenvalue weighted by molar-refractivity contribution is 0.117. The Kier molecular flexibility index (Phi) is 4.37. The maximum Gasteiger partial charge on any atom is 0.271 e. The number of nitrogens with zero attached hydrogens (tertiary/aromatic N) is 3. The molecule has 0 radical (unpaired) electrons. The predicted molar refractivity (Wildman–Crippen MR) is 84.9 cm³/mol. The Morgan fingerprint density at radius 2 is 2.33 bits per heavy atom. The standard InChI is InChI=1S/C15H21N3O2S/c1-11-9-21-14-13(11)16-10-18(15(14)20)6-5-17-4-2-3-12(7-17)8-19/h9-10,12,19H,2-8H2,1H3/t12-/m1/s1. The van der Waals surface area contributed by atoms with Gasteiger partial charge in [0, 0.05) is 26.2 Å². The van der Waals surface area contributed by atoms with Crippen molar-refractivity contribution in [2.75, 3.05) is 26.2 Å². The van der Waals surface area contributed by atoms with Gasteiger partial charge in [0.25, 0.3) is 5.56 Å². The molecule has 1 aliphatic rings. The fourth-order valence-electron chi connectivity index (χ4n) is 2.97. The Morgan fingerprint density at radius 3 is 3.14 bits per heavy atom. The molecular weight excluding hydrogens is 286 g/mol.